The molecule has 3 nitrogen and oxygen atoms in total. The summed E-state index contributed by atoms with van der Waals surface area (Å²) in [6, 6.07) is 3.90. The standard InChI is InChI=1S/C12H17NO2/c13-4-2-1-3-9-5-10-7-15-8-11(10)6-12(9)14/h5-6,14H,1-4,7-8,13H2. The lowest BCUT2D eigenvalue weighted by Crippen LogP contribution is -1.99. The molecule has 1 aliphatic heterocycles. The average molecular weight is 207 g/mol. The fraction of sp³-hybridized carbons (Fsp3) is 0.500. The van der Waals surface area contributed by atoms with Crippen LogP contribution in [-0.2, 0) is 24.4 Å². The summed E-state index contributed by atoms with van der Waals surface area (Å²) in [5.41, 5.74) is 8.80. The van der Waals surface area contributed by atoms with E-state index in [2.05, 4.69) is 6.07 Å². The number of phenols is 1. The molecule has 1 aromatic rings. The van der Waals surface area contributed by atoms with Crippen LogP contribution in [0.25, 0.3) is 0 Å². The van der Waals surface area contributed by atoms with Gasteiger partial charge in [0.25, 0.3) is 0 Å². The van der Waals surface area contributed by atoms with Crippen molar-refractivity contribution in [2.75, 3.05) is 6.54 Å². The van der Waals surface area contributed by atoms with E-state index in [9.17, 15) is 5.11 Å². The first-order chi connectivity index (χ1) is 7.31. The third-order valence-electron chi connectivity index (χ3n) is 2.82. The van der Waals surface area contributed by atoms with Crippen LogP contribution in [0.5, 0.6) is 5.75 Å². The minimum absolute atomic E-state index is 0.399. The third kappa shape index (κ3) is 2.30. The Balaban J connectivity index is 2.10. The lowest BCUT2D eigenvalue weighted by Gasteiger charge is -2.06. The molecule has 82 valence electrons. The van der Waals surface area contributed by atoms with E-state index in [0.29, 0.717) is 19.0 Å². The Bertz CT molecular complexity index is 350. The summed E-state index contributed by atoms with van der Waals surface area (Å²) in [5, 5.41) is 9.79. The minimum atomic E-state index is 0.399. The van der Waals surface area contributed by atoms with E-state index in [-0.39, 0.29) is 0 Å². The van der Waals surface area contributed by atoms with Crippen LogP contribution in [0.15, 0.2) is 12.1 Å². The van der Waals surface area contributed by atoms with E-state index >= 15 is 0 Å². The van der Waals surface area contributed by atoms with E-state index in [1.807, 2.05) is 6.07 Å². The SMILES string of the molecule is NCCCCc1cc2c(cc1O)COC2. The summed E-state index contributed by atoms with van der Waals surface area (Å²) >= 11 is 0. The van der Waals surface area contributed by atoms with Crippen LogP contribution in [0.1, 0.15) is 29.5 Å². The maximum atomic E-state index is 9.79. The number of benzene rings is 1. The first kappa shape index (κ1) is 10.5. The minimum Gasteiger partial charge on any atom is -0.508 e. The van der Waals surface area contributed by atoms with Gasteiger partial charge in [0.15, 0.2) is 0 Å². The Labute approximate surface area is 89.9 Å². The van der Waals surface area contributed by atoms with Crippen LogP contribution in [0.4, 0.5) is 0 Å². The van der Waals surface area contributed by atoms with Gasteiger partial charge in [0.2, 0.25) is 0 Å². The molecule has 3 heteroatoms. The highest BCUT2D eigenvalue weighted by Crippen LogP contribution is 2.28. The summed E-state index contributed by atoms with van der Waals surface area (Å²) in [6.07, 6.45) is 2.94. The number of hydrogen-bond acceptors (Lipinski definition) is 3. The Morgan fingerprint density at radius 2 is 1.93 bits per heavy atom. The molecule has 2 rings (SSSR count). The molecule has 0 saturated carbocycles. The van der Waals surface area contributed by atoms with Gasteiger partial charge in [-0.3, -0.25) is 0 Å². The van der Waals surface area contributed by atoms with Crippen molar-refractivity contribution in [3.05, 3.63) is 28.8 Å². The molecule has 0 aliphatic carbocycles. The smallest absolute Gasteiger partial charge is 0.119 e. The predicted octanol–water partition coefficient (Wildman–Crippen LogP) is 1.70. The number of nitrogens with two attached hydrogens (primary N) is 1. The molecular weight excluding hydrogens is 190 g/mol. The molecule has 0 saturated heterocycles. The Hall–Kier alpha value is -1.06. The molecule has 1 heterocycles. The van der Waals surface area contributed by atoms with Gasteiger partial charge in [0.1, 0.15) is 5.75 Å². The van der Waals surface area contributed by atoms with E-state index in [1.165, 1.54) is 5.56 Å². The second kappa shape index (κ2) is 4.64. The van der Waals surface area contributed by atoms with E-state index in [1.54, 1.807) is 0 Å². The van der Waals surface area contributed by atoms with Crippen molar-refractivity contribution in [2.24, 2.45) is 5.73 Å². The van der Waals surface area contributed by atoms with Gasteiger partial charge in [-0.1, -0.05) is 0 Å². The zero-order chi connectivity index (χ0) is 10.7. The highest BCUT2D eigenvalue weighted by molar-refractivity contribution is 5.42. The van der Waals surface area contributed by atoms with Crippen molar-refractivity contribution >= 4 is 0 Å². The highest BCUT2D eigenvalue weighted by Gasteiger charge is 2.14. The molecule has 0 amide bonds. The maximum Gasteiger partial charge on any atom is 0.119 e. The van der Waals surface area contributed by atoms with Crippen LogP contribution >= 0.6 is 0 Å². The van der Waals surface area contributed by atoms with E-state index in [0.717, 1.165) is 36.9 Å². The molecule has 1 aromatic carbocycles. The molecule has 0 radical (unpaired) electrons. The number of unbranched alkanes of at least 4 members (excludes halogenated alkanes) is 1. The first-order valence-electron chi connectivity index (χ1n) is 5.42. The van der Waals surface area contributed by atoms with Crippen molar-refractivity contribution in [1.82, 2.24) is 0 Å². The first-order valence-corrected chi connectivity index (χ1v) is 5.42. The summed E-state index contributed by atoms with van der Waals surface area (Å²) in [7, 11) is 0. The molecule has 0 aromatic heterocycles. The number of rotatable bonds is 4. The van der Waals surface area contributed by atoms with Crippen molar-refractivity contribution in [2.45, 2.75) is 32.5 Å². The average Bonchev–Trinajstić information content (AvgIpc) is 2.65. The molecule has 0 bridgehead atoms. The molecule has 0 spiro atoms. The molecule has 0 atom stereocenters. The Morgan fingerprint density at radius 3 is 2.67 bits per heavy atom. The van der Waals surface area contributed by atoms with Gasteiger partial charge in [-0.15, -0.1) is 0 Å². The zero-order valence-corrected chi connectivity index (χ0v) is 8.83. The van der Waals surface area contributed by atoms with Gasteiger partial charge >= 0.3 is 0 Å². The molecule has 0 fully saturated rings. The normalized spacial score (nSPS) is 14.2. The number of ether oxygens (including phenoxy) is 1. The predicted molar refractivity (Wildman–Crippen MR) is 58.6 cm³/mol. The highest BCUT2D eigenvalue weighted by atomic mass is 16.5. The van der Waals surface area contributed by atoms with Gasteiger partial charge in [-0.25, -0.2) is 0 Å². The van der Waals surface area contributed by atoms with Gasteiger partial charge in [-0.2, -0.15) is 0 Å². The fourth-order valence-corrected chi connectivity index (χ4v) is 1.93. The lowest BCUT2D eigenvalue weighted by atomic mass is 10.0. The Kier molecular flexibility index (Phi) is 3.23. The summed E-state index contributed by atoms with van der Waals surface area (Å²) in [4.78, 5) is 0. The van der Waals surface area contributed by atoms with Crippen LogP contribution in [0, 0.1) is 0 Å². The molecule has 1 aliphatic rings. The summed E-state index contributed by atoms with van der Waals surface area (Å²) in [5.74, 6) is 0.399. The van der Waals surface area contributed by atoms with E-state index < -0.39 is 0 Å². The second-order valence-corrected chi connectivity index (χ2v) is 3.99. The quantitative estimate of drug-likeness (QED) is 0.739. The van der Waals surface area contributed by atoms with Crippen molar-refractivity contribution in [3.63, 3.8) is 0 Å². The largest absolute Gasteiger partial charge is 0.508 e. The van der Waals surface area contributed by atoms with Crippen LogP contribution in [0.2, 0.25) is 0 Å². The fourth-order valence-electron chi connectivity index (χ4n) is 1.93. The second-order valence-electron chi connectivity index (χ2n) is 3.99. The third-order valence-corrected chi connectivity index (χ3v) is 2.82. The number of phenolic OH excluding ortho intramolecular Hbond substituents is 1. The number of aromatic hydroxyl groups is 1. The molecular formula is C12H17NO2. The van der Waals surface area contributed by atoms with Crippen LogP contribution in [-0.4, -0.2) is 11.7 Å². The number of hydrogen-bond donors (Lipinski definition) is 2. The Morgan fingerprint density at radius 1 is 1.20 bits per heavy atom. The van der Waals surface area contributed by atoms with Gasteiger partial charge in [-0.05, 0) is 54.6 Å². The van der Waals surface area contributed by atoms with E-state index in [4.69, 9.17) is 10.5 Å². The topological polar surface area (TPSA) is 55.5 Å². The van der Waals surface area contributed by atoms with Crippen molar-refractivity contribution in [1.29, 1.82) is 0 Å². The van der Waals surface area contributed by atoms with Gasteiger partial charge < -0.3 is 15.6 Å². The van der Waals surface area contributed by atoms with Gasteiger partial charge in [0.05, 0.1) is 13.2 Å². The molecule has 15 heavy (non-hydrogen) atoms. The number of aryl methyl sites for hydroxylation is 1. The summed E-state index contributed by atoms with van der Waals surface area (Å²) in [6.45, 7) is 2.03. The van der Waals surface area contributed by atoms with Crippen molar-refractivity contribution < 1.29 is 9.84 Å². The maximum absolute atomic E-state index is 9.79. The van der Waals surface area contributed by atoms with Gasteiger partial charge in [0, 0.05) is 0 Å². The van der Waals surface area contributed by atoms with Crippen LogP contribution in [0.3, 0.4) is 0 Å². The monoisotopic (exact) mass is 207 g/mol. The van der Waals surface area contributed by atoms with Crippen LogP contribution < -0.4 is 5.73 Å². The molecule has 3 N–H and O–H groups in total. The summed E-state index contributed by atoms with van der Waals surface area (Å²) < 4.78 is 5.32. The molecule has 0 unspecified atom stereocenters. The van der Waals surface area contributed by atoms with Crippen molar-refractivity contribution in [3.8, 4) is 5.75 Å². The number of fused-ring (bicyclic) bond motifs is 1. The lowest BCUT2D eigenvalue weighted by molar-refractivity contribution is 0.134. The zero-order valence-electron chi connectivity index (χ0n) is 8.83.